The Balaban J connectivity index is 2.58. The number of aromatic nitrogens is 1. The highest BCUT2D eigenvalue weighted by atomic mass is 32.2. The molecule has 0 bridgehead atoms. The number of aliphatic hydroxyl groups excluding tert-OH is 1. The van der Waals surface area contributed by atoms with Crippen molar-refractivity contribution in [3.63, 3.8) is 0 Å². The Morgan fingerprint density at radius 1 is 1.40 bits per heavy atom. The average Bonchev–Trinajstić information content (AvgIpc) is 2.13. The molecule has 0 fully saturated rings. The zero-order valence-corrected chi connectivity index (χ0v) is 10.6. The first-order valence-electron chi connectivity index (χ1n) is 5.12. The Morgan fingerprint density at radius 2 is 2.07 bits per heavy atom. The summed E-state index contributed by atoms with van der Waals surface area (Å²) in [7, 11) is 0. The van der Waals surface area contributed by atoms with E-state index in [-0.39, 0.29) is 4.75 Å². The fourth-order valence-electron chi connectivity index (χ4n) is 1.19. The lowest BCUT2D eigenvalue weighted by Crippen LogP contribution is -2.12. The summed E-state index contributed by atoms with van der Waals surface area (Å²) in [6, 6.07) is 1.99. The third-order valence-electron chi connectivity index (χ3n) is 1.96. The second-order valence-corrected chi connectivity index (χ2v) is 6.58. The van der Waals surface area contributed by atoms with Gasteiger partial charge in [0.2, 0.25) is 0 Å². The van der Waals surface area contributed by atoms with Gasteiger partial charge < -0.3 is 5.11 Å². The van der Waals surface area contributed by atoms with Crippen molar-refractivity contribution in [2.24, 2.45) is 0 Å². The van der Waals surface area contributed by atoms with Crippen LogP contribution in [0.5, 0.6) is 0 Å². The van der Waals surface area contributed by atoms with E-state index in [9.17, 15) is 5.11 Å². The maximum absolute atomic E-state index is 9.95. The van der Waals surface area contributed by atoms with Gasteiger partial charge in [-0.2, -0.15) is 11.8 Å². The van der Waals surface area contributed by atoms with Crippen molar-refractivity contribution in [2.75, 3.05) is 5.75 Å². The minimum absolute atomic E-state index is 0.193. The summed E-state index contributed by atoms with van der Waals surface area (Å²) in [6.45, 7) is 8.44. The quantitative estimate of drug-likeness (QED) is 0.858. The maximum Gasteiger partial charge on any atom is 0.0895 e. The molecule has 0 saturated carbocycles. The topological polar surface area (TPSA) is 33.1 Å². The molecule has 2 nitrogen and oxygen atoms in total. The van der Waals surface area contributed by atoms with E-state index in [4.69, 9.17) is 0 Å². The molecule has 1 atom stereocenters. The number of thioether (sulfide) groups is 1. The fraction of sp³-hybridized carbons (Fsp3) is 0.583. The second-order valence-electron chi connectivity index (χ2n) is 4.73. The van der Waals surface area contributed by atoms with Crippen LogP contribution in [0.15, 0.2) is 18.5 Å². The Morgan fingerprint density at radius 3 is 2.60 bits per heavy atom. The van der Waals surface area contributed by atoms with E-state index in [0.29, 0.717) is 5.75 Å². The fourth-order valence-corrected chi connectivity index (χ4v) is 2.04. The number of pyridine rings is 1. The first-order valence-corrected chi connectivity index (χ1v) is 6.10. The van der Waals surface area contributed by atoms with Gasteiger partial charge in [-0.25, -0.2) is 0 Å². The van der Waals surface area contributed by atoms with Crippen molar-refractivity contribution in [1.82, 2.24) is 4.98 Å². The van der Waals surface area contributed by atoms with Crippen LogP contribution in [0.3, 0.4) is 0 Å². The Hall–Kier alpha value is -0.540. The van der Waals surface area contributed by atoms with E-state index >= 15 is 0 Å². The summed E-state index contributed by atoms with van der Waals surface area (Å²) in [5.41, 5.74) is 2.00. The first kappa shape index (κ1) is 12.5. The van der Waals surface area contributed by atoms with Crippen molar-refractivity contribution >= 4 is 11.8 Å². The van der Waals surface area contributed by atoms with Gasteiger partial charge in [0.1, 0.15) is 0 Å². The molecule has 0 aliphatic rings. The van der Waals surface area contributed by atoms with Gasteiger partial charge in [-0.3, -0.25) is 4.98 Å². The molecule has 1 unspecified atom stereocenters. The van der Waals surface area contributed by atoms with Crippen LogP contribution in [0.1, 0.15) is 38.0 Å². The zero-order valence-electron chi connectivity index (χ0n) is 9.82. The highest BCUT2D eigenvalue weighted by Gasteiger charge is 2.15. The van der Waals surface area contributed by atoms with E-state index in [0.717, 1.165) is 11.1 Å². The molecule has 1 aromatic heterocycles. The molecule has 0 aromatic carbocycles. The highest BCUT2D eigenvalue weighted by Crippen LogP contribution is 2.28. The molecule has 84 valence electrons. The van der Waals surface area contributed by atoms with Gasteiger partial charge in [0, 0.05) is 22.9 Å². The third kappa shape index (κ3) is 4.67. The number of nitrogens with zero attached hydrogens (tertiary/aromatic N) is 1. The molecule has 1 N–H and O–H groups in total. The SMILES string of the molecule is Cc1cncc(C(O)CSC(C)(C)C)c1. The maximum atomic E-state index is 9.95. The number of hydrogen-bond acceptors (Lipinski definition) is 3. The Bertz CT molecular complexity index is 320. The van der Waals surface area contributed by atoms with Gasteiger partial charge in [0.05, 0.1) is 6.10 Å². The predicted octanol–water partition coefficient (Wildman–Crippen LogP) is 2.96. The van der Waals surface area contributed by atoms with Crippen LogP contribution in [0, 0.1) is 6.92 Å². The molecule has 0 amide bonds. The van der Waals surface area contributed by atoms with Crippen LogP contribution in [0.4, 0.5) is 0 Å². The van der Waals surface area contributed by atoms with Gasteiger partial charge in [0.25, 0.3) is 0 Å². The zero-order chi connectivity index (χ0) is 11.5. The molecular formula is C12H19NOS. The molecule has 3 heteroatoms. The van der Waals surface area contributed by atoms with Crippen LogP contribution in [0.25, 0.3) is 0 Å². The van der Waals surface area contributed by atoms with Crippen LogP contribution in [0.2, 0.25) is 0 Å². The summed E-state index contributed by atoms with van der Waals surface area (Å²) < 4.78 is 0.193. The molecule has 0 radical (unpaired) electrons. The standard InChI is InChI=1S/C12H19NOS/c1-9-5-10(7-13-6-9)11(14)8-15-12(2,3)4/h5-7,11,14H,8H2,1-4H3. The van der Waals surface area contributed by atoms with Crippen molar-refractivity contribution < 1.29 is 5.11 Å². The largest absolute Gasteiger partial charge is 0.387 e. The molecule has 1 heterocycles. The van der Waals surface area contributed by atoms with E-state index in [1.54, 1.807) is 24.2 Å². The summed E-state index contributed by atoms with van der Waals surface area (Å²) in [5, 5.41) is 9.95. The number of aryl methyl sites for hydroxylation is 1. The lowest BCUT2D eigenvalue weighted by Gasteiger charge is -2.20. The van der Waals surface area contributed by atoms with Gasteiger partial charge in [-0.05, 0) is 18.1 Å². The minimum atomic E-state index is -0.415. The molecule has 1 aromatic rings. The summed E-state index contributed by atoms with van der Waals surface area (Å²) in [5.74, 6) is 0.717. The van der Waals surface area contributed by atoms with Crippen LogP contribution < -0.4 is 0 Å². The molecule has 0 saturated heterocycles. The second kappa shape index (κ2) is 4.99. The molecule has 15 heavy (non-hydrogen) atoms. The molecule has 0 spiro atoms. The highest BCUT2D eigenvalue weighted by molar-refractivity contribution is 8.00. The summed E-state index contributed by atoms with van der Waals surface area (Å²) in [6.07, 6.45) is 3.12. The number of aliphatic hydroxyl groups is 1. The Labute approximate surface area is 96.1 Å². The third-order valence-corrected chi connectivity index (χ3v) is 3.30. The van der Waals surface area contributed by atoms with Crippen molar-refractivity contribution in [1.29, 1.82) is 0 Å². The van der Waals surface area contributed by atoms with E-state index in [1.165, 1.54) is 0 Å². The van der Waals surface area contributed by atoms with Gasteiger partial charge in [0.15, 0.2) is 0 Å². The monoisotopic (exact) mass is 225 g/mol. The van der Waals surface area contributed by atoms with E-state index < -0.39 is 6.10 Å². The lowest BCUT2D eigenvalue weighted by molar-refractivity contribution is 0.203. The van der Waals surface area contributed by atoms with Crippen LogP contribution in [-0.2, 0) is 0 Å². The van der Waals surface area contributed by atoms with E-state index in [1.807, 2.05) is 13.0 Å². The smallest absolute Gasteiger partial charge is 0.0895 e. The minimum Gasteiger partial charge on any atom is -0.387 e. The van der Waals surface area contributed by atoms with Crippen molar-refractivity contribution in [2.45, 2.75) is 38.5 Å². The normalized spacial score (nSPS) is 13.9. The molecular weight excluding hydrogens is 206 g/mol. The Kier molecular flexibility index (Phi) is 4.17. The molecule has 0 aliphatic heterocycles. The molecule has 1 rings (SSSR count). The predicted molar refractivity (Wildman–Crippen MR) is 66.1 cm³/mol. The lowest BCUT2D eigenvalue weighted by atomic mass is 10.1. The molecule has 0 aliphatic carbocycles. The first-order chi connectivity index (χ1) is 6.88. The summed E-state index contributed by atoms with van der Waals surface area (Å²) in [4.78, 5) is 4.08. The van der Waals surface area contributed by atoms with E-state index in [2.05, 4.69) is 25.8 Å². The van der Waals surface area contributed by atoms with Crippen molar-refractivity contribution in [3.8, 4) is 0 Å². The van der Waals surface area contributed by atoms with Crippen LogP contribution in [-0.4, -0.2) is 20.6 Å². The number of rotatable bonds is 3. The summed E-state index contributed by atoms with van der Waals surface area (Å²) >= 11 is 1.76. The van der Waals surface area contributed by atoms with Crippen LogP contribution >= 0.6 is 11.8 Å². The van der Waals surface area contributed by atoms with Gasteiger partial charge >= 0.3 is 0 Å². The average molecular weight is 225 g/mol. The van der Waals surface area contributed by atoms with Crippen molar-refractivity contribution in [3.05, 3.63) is 29.6 Å². The number of hydrogen-bond donors (Lipinski definition) is 1. The van der Waals surface area contributed by atoms with Gasteiger partial charge in [-0.15, -0.1) is 0 Å². The van der Waals surface area contributed by atoms with Gasteiger partial charge in [-0.1, -0.05) is 26.8 Å².